The summed E-state index contributed by atoms with van der Waals surface area (Å²) in [5, 5.41) is 8.04. The predicted molar refractivity (Wildman–Crippen MR) is 39.4 cm³/mol. The van der Waals surface area contributed by atoms with Gasteiger partial charge in [-0.25, -0.2) is 0 Å². The molecule has 9 heavy (non-hydrogen) atoms. The number of halogens is 1. The van der Waals surface area contributed by atoms with E-state index in [9.17, 15) is 4.79 Å². The van der Waals surface area contributed by atoms with Gasteiger partial charge in [-0.05, 0) is 6.42 Å². The Morgan fingerprint density at radius 1 is 1.56 bits per heavy atom. The fourth-order valence-corrected chi connectivity index (χ4v) is 0.328. The van der Waals surface area contributed by atoms with Gasteiger partial charge in [0.2, 0.25) is 0 Å². The van der Waals surface area contributed by atoms with E-state index in [4.69, 9.17) is 5.11 Å². The number of carboxylic acid groups (broad SMARTS) is 1. The number of carbonyl (C=O) groups is 1. The number of hydrogen-bond donors (Lipinski definition) is 2. The van der Waals surface area contributed by atoms with E-state index in [1.54, 1.807) is 0 Å². The molecule has 0 aromatic carbocycles. The SMILES string of the molecule is CCCCC(=O)O.Cl.N. The van der Waals surface area contributed by atoms with Crippen molar-refractivity contribution in [3.05, 3.63) is 0 Å². The Labute approximate surface area is 61.4 Å². The Morgan fingerprint density at radius 3 is 2.11 bits per heavy atom. The predicted octanol–water partition coefficient (Wildman–Crippen LogP) is 1.84. The summed E-state index contributed by atoms with van der Waals surface area (Å²) in [6.45, 7) is 1.98. The summed E-state index contributed by atoms with van der Waals surface area (Å²) >= 11 is 0. The van der Waals surface area contributed by atoms with Crippen LogP contribution in [0.15, 0.2) is 0 Å². The first kappa shape index (κ1) is 15.9. The second kappa shape index (κ2) is 10.7. The molecule has 0 radical (unpaired) electrons. The number of aliphatic carboxylic acids is 1. The van der Waals surface area contributed by atoms with Gasteiger partial charge in [0.1, 0.15) is 0 Å². The molecule has 4 N–H and O–H groups in total. The zero-order valence-corrected chi connectivity index (χ0v) is 6.41. The Hall–Kier alpha value is -0.280. The van der Waals surface area contributed by atoms with Gasteiger partial charge in [0.05, 0.1) is 0 Å². The number of unbranched alkanes of at least 4 members (excludes halogenated alkanes) is 1. The third kappa shape index (κ3) is 18.3. The lowest BCUT2D eigenvalue weighted by molar-refractivity contribution is -0.137. The molecule has 0 heterocycles. The second-order valence-electron chi connectivity index (χ2n) is 1.50. The van der Waals surface area contributed by atoms with Gasteiger partial charge in [0.25, 0.3) is 0 Å². The van der Waals surface area contributed by atoms with Gasteiger partial charge in [-0.3, -0.25) is 4.79 Å². The van der Waals surface area contributed by atoms with E-state index < -0.39 is 5.97 Å². The zero-order valence-electron chi connectivity index (χ0n) is 5.59. The van der Waals surface area contributed by atoms with Crippen LogP contribution in [-0.4, -0.2) is 11.1 Å². The van der Waals surface area contributed by atoms with Crippen LogP contribution in [0.25, 0.3) is 0 Å². The molecule has 3 nitrogen and oxygen atoms in total. The van der Waals surface area contributed by atoms with Gasteiger partial charge in [-0.1, -0.05) is 13.3 Å². The Bertz CT molecular complexity index is 68.0. The van der Waals surface area contributed by atoms with Crippen molar-refractivity contribution in [2.24, 2.45) is 0 Å². The minimum atomic E-state index is -0.693. The van der Waals surface area contributed by atoms with Crippen molar-refractivity contribution in [1.82, 2.24) is 6.15 Å². The number of hydrogen-bond acceptors (Lipinski definition) is 2. The van der Waals surface area contributed by atoms with Gasteiger partial charge in [-0.2, -0.15) is 0 Å². The summed E-state index contributed by atoms with van der Waals surface area (Å²) in [6, 6.07) is 0. The molecule has 0 aromatic heterocycles. The van der Waals surface area contributed by atoms with Crippen LogP contribution in [0.2, 0.25) is 0 Å². The molecule has 0 atom stereocenters. The molecule has 58 valence electrons. The summed E-state index contributed by atoms with van der Waals surface area (Å²) in [5.74, 6) is -0.693. The maximum Gasteiger partial charge on any atom is 0.303 e. The van der Waals surface area contributed by atoms with Crippen molar-refractivity contribution in [2.45, 2.75) is 26.2 Å². The third-order valence-corrected chi connectivity index (χ3v) is 0.744. The van der Waals surface area contributed by atoms with E-state index >= 15 is 0 Å². The first-order valence-electron chi connectivity index (χ1n) is 2.49. The molecule has 0 amide bonds. The summed E-state index contributed by atoms with van der Waals surface area (Å²) in [5.41, 5.74) is 0. The molecule has 0 fully saturated rings. The smallest absolute Gasteiger partial charge is 0.303 e. The van der Waals surface area contributed by atoms with Crippen molar-refractivity contribution in [2.75, 3.05) is 0 Å². The molecule has 0 aliphatic heterocycles. The van der Waals surface area contributed by atoms with Gasteiger partial charge in [0, 0.05) is 6.42 Å². The van der Waals surface area contributed by atoms with Gasteiger partial charge in [0.15, 0.2) is 0 Å². The molecule has 4 heteroatoms. The Balaban J connectivity index is -0.000000180. The van der Waals surface area contributed by atoms with Gasteiger partial charge in [-0.15, -0.1) is 12.4 Å². The lowest BCUT2D eigenvalue weighted by Gasteiger charge is -1.85. The van der Waals surface area contributed by atoms with Crippen molar-refractivity contribution in [3.63, 3.8) is 0 Å². The quantitative estimate of drug-likeness (QED) is 0.653. The highest BCUT2D eigenvalue weighted by molar-refractivity contribution is 5.85. The van der Waals surface area contributed by atoms with Crippen molar-refractivity contribution in [1.29, 1.82) is 0 Å². The maximum absolute atomic E-state index is 9.76. The second-order valence-corrected chi connectivity index (χ2v) is 1.50. The van der Waals surface area contributed by atoms with Crippen LogP contribution in [0, 0.1) is 0 Å². The average molecular weight is 156 g/mol. The lowest BCUT2D eigenvalue weighted by Crippen LogP contribution is -1.91. The monoisotopic (exact) mass is 155 g/mol. The molecule has 0 aromatic rings. The molecule has 0 aliphatic carbocycles. The van der Waals surface area contributed by atoms with Crippen molar-refractivity contribution >= 4 is 18.4 Å². The normalized spacial score (nSPS) is 6.78. The number of rotatable bonds is 3. The Morgan fingerprint density at radius 2 is 2.00 bits per heavy atom. The first-order chi connectivity index (χ1) is 3.27. The van der Waals surface area contributed by atoms with E-state index in [0.717, 1.165) is 12.8 Å². The highest BCUT2D eigenvalue weighted by Crippen LogP contribution is 1.91. The fourth-order valence-electron chi connectivity index (χ4n) is 0.328. The average Bonchev–Trinajstić information content (AvgIpc) is 1.61. The van der Waals surface area contributed by atoms with Crippen molar-refractivity contribution < 1.29 is 9.90 Å². The van der Waals surface area contributed by atoms with E-state index in [2.05, 4.69) is 0 Å². The number of carboxylic acids is 1. The standard InChI is InChI=1S/C5H10O2.ClH.H3N/c1-2-3-4-5(6)7;;/h2-4H2,1H3,(H,6,7);1H;1H3. The van der Waals surface area contributed by atoms with Gasteiger partial charge >= 0.3 is 5.97 Å². The third-order valence-electron chi connectivity index (χ3n) is 0.744. The molecule has 0 saturated heterocycles. The van der Waals surface area contributed by atoms with E-state index in [0.29, 0.717) is 6.42 Å². The summed E-state index contributed by atoms with van der Waals surface area (Å²) < 4.78 is 0. The summed E-state index contributed by atoms with van der Waals surface area (Å²) in [7, 11) is 0. The van der Waals surface area contributed by atoms with Crippen LogP contribution < -0.4 is 6.15 Å². The molecular weight excluding hydrogens is 142 g/mol. The van der Waals surface area contributed by atoms with Crippen LogP contribution in [0.1, 0.15) is 26.2 Å². The first-order valence-corrected chi connectivity index (χ1v) is 2.49. The minimum absolute atomic E-state index is 0. The molecule has 0 aliphatic rings. The highest BCUT2D eigenvalue weighted by Gasteiger charge is 1.90. The molecule has 0 saturated carbocycles. The van der Waals surface area contributed by atoms with Crippen LogP contribution in [0.5, 0.6) is 0 Å². The molecule has 0 spiro atoms. The molecule has 0 rings (SSSR count). The minimum Gasteiger partial charge on any atom is -0.481 e. The lowest BCUT2D eigenvalue weighted by atomic mass is 10.3. The van der Waals surface area contributed by atoms with Crippen molar-refractivity contribution in [3.8, 4) is 0 Å². The maximum atomic E-state index is 9.76. The molecular formula is C5H14ClNO2. The molecule has 0 unspecified atom stereocenters. The van der Waals surface area contributed by atoms with E-state index in [1.165, 1.54) is 0 Å². The van der Waals surface area contributed by atoms with Crippen LogP contribution in [0.3, 0.4) is 0 Å². The van der Waals surface area contributed by atoms with E-state index in [-0.39, 0.29) is 18.6 Å². The largest absolute Gasteiger partial charge is 0.481 e. The van der Waals surface area contributed by atoms with Crippen LogP contribution in [0.4, 0.5) is 0 Å². The van der Waals surface area contributed by atoms with Gasteiger partial charge < -0.3 is 11.3 Å². The Kier molecular flexibility index (Phi) is 18.8. The summed E-state index contributed by atoms with van der Waals surface area (Å²) in [6.07, 6.45) is 2.08. The fraction of sp³-hybridized carbons (Fsp3) is 0.800. The van der Waals surface area contributed by atoms with E-state index in [1.807, 2.05) is 6.92 Å². The zero-order chi connectivity index (χ0) is 5.70. The summed E-state index contributed by atoms with van der Waals surface area (Å²) in [4.78, 5) is 9.76. The van der Waals surface area contributed by atoms with Crippen LogP contribution in [-0.2, 0) is 4.79 Å². The highest BCUT2D eigenvalue weighted by atomic mass is 35.5. The topological polar surface area (TPSA) is 72.3 Å². The molecule has 0 bridgehead atoms. The van der Waals surface area contributed by atoms with Crippen LogP contribution >= 0.6 is 12.4 Å².